The minimum Gasteiger partial charge on any atom is -0.493 e. The number of anilines is 1. The van der Waals surface area contributed by atoms with Gasteiger partial charge in [0.1, 0.15) is 17.1 Å². The normalized spacial score (nSPS) is 12.2. The van der Waals surface area contributed by atoms with Gasteiger partial charge in [0, 0.05) is 22.6 Å². The molecule has 4 rings (SSSR count). The van der Waals surface area contributed by atoms with Gasteiger partial charge < -0.3 is 9.72 Å². The van der Waals surface area contributed by atoms with Gasteiger partial charge in [0.15, 0.2) is 5.52 Å². The van der Waals surface area contributed by atoms with Gasteiger partial charge in [-0.1, -0.05) is 36.7 Å². The molecule has 0 aliphatic carbocycles. The van der Waals surface area contributed by atoms with Gasteiger partial charge in [-0.25, -0.2) is 13.4 Å². The molecular weight excluding hydrogens is 534 g/mol. The number of nitrogens with zero attached hydrogens (tertiary/aromatic N) is 3. The zero-order chi connectivity index (χ0) is 25.5. The van der Waals surface area contributed by atoms with E-state index in [1.807, 2.05) is 27.7 Å². The van der Waals surface area contributed by atoms with E-state index >= 15 is 0 Å². The molecule has 0 spiro atoms. The SMILES string of the molecule is CCOc1ccc(S(=O)(=O)Nc2ccc(Br)cc2)cc1-c1nc2c(C(C)(C)C)nn(C)c2c(=O)[nH]1. The number of H-pyrrole nitrogens is 1. The van der Waals surface area contributed by atoms with Crippen molar-refractivity contribution in [3.8, 4) is 17.1 Å². The van der Waals surface area contributed by atoms with Gasteiger partial charge in [0.05, 0.1) is 22.8 Å². The van der Waals surface area contributed by atoms with Crippen LogP contribution in [0.3, 0.4) is 0 Å². The standard InChI is InChI=1S/C24H26BrN5O4S/c1-6-34-18-12-11-16(35(32,33)29-15-9-7-14(25)8-10-15)13-17(18)22-26-19-20(23(31)27-22)30(5)28-21(19)24(2,3)4/h7-13,29H,6H2,1-5H3,(H,26,27,31). The van der Waals surface area contributed by atoms with Gasteiger partial charge in [-0.2, -0.15) is 5.10 Å². The third-order valence-corrected chi connectivity index (χ3v) is 7.22. The molecule has 0 fully saturated rings. The lowest BCUT2D eigenvalue weighted by atomic mass is 9.91. The van der Waals surface area contributed by atoms with Crippen LogP contribution in [0.1, 0.15) is 33.4 Å². The highest BCUT2D eigenvalue weighted by Crippen LogP contribution is 2.33. The zero-order valence-corrected chi connectivity index (χ0v) is 22.4. The molecule has 2 aromatic heterocycles. The molecule has 0 aliphatic rings. The second-order valence-electron chi connectivity index (χ2n) is 9.04. The van der Waals surface area contributed by atoms with Crippen molar-refractivity contribution in [3.63, 3.8) is 0 Å². The highest BCUT2D eigenvalue weighted by molar-refractivity contribution is 9.10. The smallest absolute Gasteiger partial charge is 0.277 e. The van der Waals surface area contributed by atoms with Crippen molar-refractivity contribution in [3.05, 3.63) is 63.0 Å². The number of aromatic nitrogens is 4. The number of aromatic amines is 1. The minimum absolute atomic E-state index is 0.00356. The van der Waals surface area contributed by atoms with Crippen LogP contribution >= 0.6 is 15.9 Å². The summed E-state index contributed by atoms with van der Waals surface area (Å²) in [5.41, 5.74) is 1.51. The fourth-order valence-corrected chi connectivity index (χ4v) is 5.04. The lowest BCUT2D eigenvalue weighted by molar-refractivity contribution is 0.341. The summed E-state index contributed by atoms with van der Waals surface area (Å²) < 4.78 is 36.9. The molecule has 0 bridgehead atoms. The molecule has 184 valence electrons. The van der Waals surface area contributed by atoms with E-state index < -0.39 is 10.0 Å². The third-order valence-electron chi connectivity index (χ3n) is 5.32. The fraction of sp³-hybridized carbons (Fsp3) is 0.292. The summed E-state index contributed by atoms with van der Waals surface area (Å²) in [5.74, 6) is 0.601. The molecule has 9 nitrogen and oxygen atoms in total. The van der Waals surface area contributed by atoms with Crippen molar-refractivity contribution in [1.82, 2.24) is 19.7 Å². The quantitative estimate of drug-likeness (QED) is 0.356. The van der Waals surface area contributed by atoms with Crippen LogP contribution in [-0.2, 0) is 22.5 Å². The Balaban J connectivity index is 1.88. The van der Waals surface area contributed by atoms with Gasteiger partial charge in [-0.05, 0) is 49.4 Å². The number of sulfonamides is 1. The Morgan fingerprint density at radius 2 is 1.83 bits per heavy atom. The van der Waals surface area contributed by atoms with Gasteiger partial charge in [-0.15, -0.1) is 0 Å². The van der Waals surface area contributed by atoms with E-state index in [1.54, 1.807) is 37.4 Å². The van der Waals surface area contributed by atoms with Crippen LogP contribution in [0.4, 0.5) is 5.69 Å². The van der Waals surface area contributed by atoms with Gasteiger partial charge >= 0.3 is 0 Å². The monoisotopic (exact) mass is 559 g/mol. The van der Waals surface area contributed by atoms with Crippen molar-refractivity contribution in [2.24, 2.45) is 7.05 Å². The third kappa shape index (κ3) is 4.96. The van der Waals surface area contributed by atoms with Crippen molar-refractivity contribution in [2.75, 3.05) is 11.3 Å². The van der Waals surface area contributed by atoms with Crippen LogP contribution in [0, 0.1) is 0 Å². The first-order chi connectivity index (χ1) is 16.4. The average Bonchev–Trinajstić information content (AvgIpc) is 3.13. The first-order valence-corrected chi connectivity index (χ1v) is 13.2. The van der Waals surface area contributed by atoms with E-state index in [0.29, 0.717) is 40.3 Å². The van der Waals surface area contributed by atoms with Crippen molar-refractivity contribution in [2.45, 2.75) is 38.0 Å². The predicted octanol–water partition coefficient (Wildman–Crippen LogP) is 4.58. The topological polar surface area (TPSA) is 119 Å². The Kier molecular flexibility index (Phi) is 6.50. The number of aryl methyl sites for hydroxylation is 1. The van der Waals surface area contributed by atoms with Crippen LogP contribution in [0.2, 0.25) is 0 Å². The van der Waals surface area contributed by atoms with Gasteiger partial charge in [-0.3, -0.25) is 14.2 Å². The zero-order valence-electron chi connectivity index (χ0n) is 20.0. The van der Waals surface area contributed by atoms with E-state index in [0.717, 1.165) is 4.47 Å². The van der Waals surface area contributed by atoms with Crippen molar-refractivity contribution < 1.29 is 13.2 Å². The fourth-order valence-electron chi connectivity index (χ4n) is 3.69. The van der Waals surface area contributed by atoms with E-state index in [4.69, 9.17) is 9.72 Å². The Bertz CT molecular complexity index is 1570. The molecule has 11 heteroatoms. The Morgan fingerprint density at radius 3 is 2.46 bits per heavy atom. The van der Waals surface area contributed by atoms with Crippen LogP contribution in [0.15, 0.2) is 56.6 Å². The lowest BCUT2D eigenvalue weighted by Gasteiger charge is -2.16. The molecule has 2 N–H and O–H groups in total. The molecule has 35 heavy (non-hydrogen) atoms. The number of fused-ring (bicyclic) bond motifs is 1. The maximum absolute atomic E-state index is 13.1. The summed E-state index contributed by atoms with van der Waals surface area (Å²) in [6, 6.07) is 11.3. The number of hydrogen-bond donors (Lipinski definition) is 2. The van der Waals surface area contributed by atoms with Crippen molar-refractivity contribution >= 4 is 42.7 Å². The number of ether oxygens (including phenoxy) is 1. The number of nitrogens with one attached hydrogen (secondary N) is 2. The van der Waals surface area contributed by atoms with Crippen LogP contribution in [-0.4, -0.2) is 34.8 Å². The first-order valence-electron chi connectivity index (χ1n) is 10.9. The maximum Gasteiger partial charge on any atom is 0.277 e. The summed E-state index contributed by atoms with van der Waals surface area (Å²) in [4.78, 5) is 20.5. The van der Waals surface area contributed by atoms with E-state index in [2.05, 4.69) is 30.7 Å². The summed E-state index contributed by atoms with van der Waals surface area (Å²) in [5, 5.41) is 4.52. The molecule has 0 saturated carbocycles. The Labute approximate surface area is 211 Å². The number of halogens is 1. The number of benzene rings is 2. The number of hydrogen-bond acceptors (Lipinski definition) is 6. The highest BCUT2D eigenvalue weighted by atomic mass is 79.9. The Morgan fingerprint density at radius 1 is 1.14 bits per heavy atom. The average molecular weight is 560 g/mol. The van der Waals surface area contributed by atoms with Crippen molar-refractivity contribution in [1.29, 1.82) is 0 Å². The van der Waals surface area contributed by atoms with Crippen LogP contribution < -0.4 is 15.0 Å². The molecule has 4 aromatic rings. The second kappa shape index (κ2) is 9.12. The number of rotatable bonds is 6. The molecule has 0 atom stereocenters. The predicted molar refractivity (Wildman–Crippen MR) is 139 cm³/mol. The molecule has 2 heterocycles. The molecule has 0 unspecified atom stereocenters. The van der Waals surface area contributed by atoms with E-state index in [-0.39, 0.29) is 21.7 Å². The molecule has 0 saturated heterocycles. The Hall–Kier alpha value is -3.18. The summed E-state index contributed by atoms with van der Waals surface area (Å²) >= 11 is 3.34. The van der Waals surface area contributed by atoms with E-state index in [9.17, 15) is 13.2 Å². The lowest BCUT2D eigenvalue weighted by Crippen LogP contribution is -2.15. The van der Waals surface area contributed by atoms with Gasteiger partial charge in [0.2, 0.25) is 0 Å². The molecular formula is C24H26BrN5O4S. The summed E-state index contributed by atoms with van der Waals surface area (Å²) in [6.07, 6.45) is 0. The maximum atomic E-state index is 13.1. The summed E-state index contributed by atoms with van der Waals surface area (Å²) in [6.45, 7) is 8.14. The molecule has 0 aliphatic heterocycles. The minimum atomic E-state index is -3.93. The second-order valence-corrected chi connectivity index (χ2v) is 11.6. The molecule has 0 amide bonds. The first kappa shape index (κ1) is 24.9. The highest BCUT2D eigenvalue weighted by Gasteiger charge is 2.26. The molecule has 2 aromatic carbocycles. The van der Waals surface area contributed by atoms with E-state index in [1.165, 1.54) is 16.8 Å². The largest absolute Gasteiger partial charge is 0.493 e. The van der Waals surface area contributed by atoms with Crippen LogP contribution in [0.25, 0.3) is 22.4 Å². The summed E-state index contributed by atoms with van der Waals surface area (Å²) in [7, 11) is -2.23. The molecule has 0 radical (unpaired) electrons. The van der Waals surface area contributed by atoms with Gasteiger partial charge in [0.25, 0.3) is 15.6 Å². The van der Waals surface area contributed by atoms with Crippen LogP contribution in [0.5, 0.6) is 5.75 Å².